The molecule has 2 aromatic carbocycles. The van der Waals surface area contributed by atoms with Crippen LogP contribution < -0.4 is 10.1 Å². The smallest absolute Gasteiger partial charge is 0.375 e. The number of hydrogen-bond donors (Lipinski definition) is 1. The van der Waals surface area contributed by atoms with E-state index in [1.54, 1.807) is 49.4 Å². The summed E-state index contributed by atoms with van der Waals surface area (Å²) in [7, 11) is 0. The molecular formula is C24H25NO6. The molecule has 1 heterocycles. The zero-order chi connectivity index (χ0) is 22.4. The van der Waals surface area contributed by atoms with E-state index in [0.29, 0.717) is 41.2 Å². The first-order chi connectivity index (χ1) is 14.9. The van der Waals surface area contributed by atoms with Crippen LogP contribution in [0, 0.1) is 6.92 Å². The van der Waals surface area contributed by atoms with E-state index < -0.39 is 12.6 Å². The summed E-state index contributed by atoms with van der Waals surface area (Å²) in [5.74, 6) is -0.394. The summed E-state index contributed by atoms with van der Waals surface area (Å²) < 4.78 is 16.3. The van der Waals surface area contributed by atoms with Crippen molar-refractivity contribution in [1.29, 1.82) is 0 Å². The predicted molar refractivity (Wildman–Crippen MR) is 117 cm³/mol. The molecule has 31 heavy (non-hydrogen) atoms. The molecule has 1 aromatic heterocycles. The van der Waals surface area contributed by atoms with E-state index in [0.717, 1.165) is 11.8 Å². The maximum absolute atomic E-state index is 12.5. The van der Waals surface area contributed by atoms with Crippen molar-refractivity contribution in [2.24, 2.45) is 0 Å². The lowest BCUT2D eigenvalue weighted by Gasteiger charge is -2.06. The number of hydrogen-bond acceptors (Lipinski definition) is 6. The van der Waals surface area contributed by atoms with E-state index in [2.05, 4.69) is 5.32 Å². The molecular weight excluding hydrogens is 398 g/mol. The molecule has 7 heteroatoms. The van der Waals surface area contributed by atoms with Crippen LogP contribution in [0.4, 0.5) is 5.69 Å². The summed E-state index contributed by atoms with van der Waals surface area (Å²) in [6.07, 6.45) is 1.19. The fourth-order valence-corrected chi connectivity index (χ4v) is 3.12. The van der Waals surface area contributed by atoms with Crippen LogP contribution >= 0.6 is 0 Å². The number of carbonyl (C=O) groups is 3. The third-order valence-electron chi connectivity index (χ3n) is 4.71. The fourth-order valence-electron chi connectivity index (χ4n) is 3.12. The number of amides is 1. The van der Waals surface area contributed by atoms with Crippen LogP contribution in [0.25, 0.3) is 11.0 Å². The van der Waals surface area contributed by atoms with E-state index in [4.69, 9.17) is 13.9 Å². The van der Waals surface area contributed by atoms with Crippen molar-refractivity contribution in [3.05, 3.63) is 59.4 Å². The molecule has 0 fully saturated rings. The minimum absolute atomic E-state index is 0.0606. The molecule has 0 aliphatic carbocycles. The maximum atomic E-state index is 12.5. The third-order valence-corrected chi connectivity index (χ3v) is 4.71. The Morgan fingerprint density at radius 2 is 1.77 bits per heavy atom. The number of benzene rings is 2. The highest BCUT2D eigenvalue weighted by molar-refractivity contribution is 6.01. The molecule has 0 atom stereocenters. The Labute approximate surface area is 180 Å². The van der Waals surface area contributed by atoms with Crippen molar-refractivity contribution >= 4 is 34.3 Å². The van der Waals surface area contributed by atoms with E-state index in [9.17, 15) is 14.4 Å². The highest BCUT2D eigenvalue weighted by Crippen LogP contribution is 2.29. The monoisotopic (exact) mass is 423 g/mol. The van der Waals surface area contributed by atoms with Crippen molar-refractivity contribution in [3.63, 3.8) is 0 Å². The second kappa shape index (κ2) is 9.93. The lowest BCUT2D eigenvalue weighted by Crippen LogP contribution is -2.15. The van der Waals surface area contributed by atoms with Crippen molar-refractivity contribution in [1.82, 2.24) is 0 Å². The number of ketones is 1. The summed E-state index contributed by atoms with van der Waals surface area (Å²) in [6, 6.07) is 11.8. The predicted octanol–water partition coefficient (Wildman–Crippen LogP) is 4.92. The van der Waals surface area contributed by atoms with Crippen LogP contribution in [0.15, 0.2) is 46.9 Å². The van der Waals surface area contributed by atoms with Gasteiger partial charge in [-0.15, -0.1) is 0 Å². The van der Waals surface area contributed by atoms with Gasteiger partial charge >= 0.3 is 5.97 Å². The van der Waals surface area contributed by atoms with Gasteiger partial charge in [0.05, 0.1) is 6.61 Å². The molecule has 0 spiro atoms. The SMILES string of the molecule is CCCC(=O)Nc1ccc(C(=O)COC(=O)c2oc3ccc(OCC)cc3c2C)cc1. The van der Waals surface area contributed by atoms with Crippen LogP contribution in [0.5, 0.6) is 5.75 Å². The van der Waals surface area contributed by atoms with Crippen LogP contribution in [-0.2, 0) is 9.53 Å². The average Bonchev–Trinajstić information content (AvgIpc) is 3.09. The number of carbonyl (C=O) groups excluding carboxylic acids is 3. The van der Waals surface area contributed by atoms with Gasteiger partial charge in [0.15, 0.2) is 12.4 Å². The summed E-state index contributed by atoms with van der Waals surface area (Å²) in [6.45, 7) is 5.69. The molecule has 1 N–H and O–H groups in total. The van der Waals surface area contributed by atoms with Gasteiger partial charge in [-0.05, 0) is 62.7 Å². The molecule has 0 unspecified atom stereocenters. The van der Waals surface area contributed by atoms with Gasteiger partial charge in [0.1, 0.15) is 11.3 Å². The average molecular weight is 423 g/mol. The maximum Gasteiger partial charge on any atom is 0.375 e. The Kier molecular flexibility index (Phi) is 7.07. The van der Waals surface area contributed by atoms with Gasteiger partial charge in [0.2, 0.25) is 11.7 Å². The molecule has 0 aliphatic heterocycles. The standard InChI is InChI=1S/C24H25NO6/c1-4-6-22(27)25-17-9-7-16(8-10-17)20(26)14-30-24(28)23-15(3)19-13-18(29-5-2)11-12-21(19)31-23/h7-13H,4-6,14H2,1-3H3,(H,25,27). The summed E-state index contributed by atoms with van der Waals surface area (Å²) in [4.78, 5) is 36.5. The fraction of sp³-hybridized carbons (Fsp3) is 0.292. The molecule has 3 rings (SSSR count). The van der Waals surface area contributed by atoms with Gasteiger partial charge in [-0.2, -0.15) is 0 Å². The van der Waals surface area contributed by atoms with Crippen molar-refractivity contribution < 1.29 is 28.3 Å². The molecule has 0 bridgehead atoms. The van der Waals surface area contributed by atoms with Gasteiger partial charge in [-0.3, -0.25) is 9.59 Å². The molecule has 162 valence electrons. The second-order valence-electron chi connectivity index (χ2n) is 7.02. The van der Waals surface area contributed by atoms with Crippen LogP contribution in [0.2, 0.25) is 0 Å². The molecule has 0 aliphatic rings. The van der Waals surface area contributed by atoms with Gasteiger partial charge in [0, 0.05) is 28.6 Å². The number of aryl methyl sites for hydroxylation is 1. The minimum Gasteiger partial charge on any atom is -0.494 e. The number of esters is 1. The van der Waals surface area contributed by atoms with Gasteiger partial charge in [-0.25, -0.2) is 4.79 Å². The number of furan rings is 1. The quantitative estimate of drug-likeness (QED) is 0.388. The van der Waals surface area contributed by atoms with Crippen LogP contribution in [0.3, 0.4) is 0 Å². The Morgan fingerprint density at radius 1 is 1.03 bits per heavy atom. The van der Waals surface area contributed by atoms with Crippen molar-refractivity contribution in [2.45, 2.75) is 33.6 Å². The molecule has 3 aromatic rings. The topological polar surface area (TPSA) is 94.8 Å². The number of rotatable bonds is 9. The normalized spacial score (nSPS) is 10.7. The molecule has 1 amide bonds. The second-order valence-corrected chi connectivity index (χ2v) is 7.02. The van der Waals surface area contributed by atoms with Crippen LogP contribution in [-0.4, -0.2) is 30.9 Å². The first-order valence-corrected chi connectivity index (χ1v) is 10.2. The zero-order valence-electron chi connectivity index (χ0n) is 17.8. The number of Topliss-reactive ketones (excluding diaryl/α,β-unsaturated/α-hetero) is 1. The Morgan fingerprint density at radius 3 is 2.45 bits per heavy atom. The first kappa shape index (κ1) is 22.1. The highest BCUT2D eigenvalue weighted by Gasteiger charge is 2.21. The zero-order valence-corrected chi connectivity index (χ0v) is 17.8. The lowest BCUT2D eigenvalue weighted by atomic mass is 10.1. The van der Waals surface area contributed by atoms with Crippen molar-refractivity contribution in [3.8, 4) is 5.75 Å². The number of fused-ring (bicyclic) bond motifs is 1. The lowest BCUT2D eigenvalue weighted by molar-refractivity contribution is -0.116. The van der Waals surface area contributed by atoms with E-state index in [-0.39, 0.29) is 17.5 Å². The Bertz CT molecular complexity index is 1100. The van der Waals surface area contributed by atoms with E-state index >= 15 is 0 Å². The molecule has 0 saturated carbocycles. The highest BCUT2D eigenvalue weighted by atomic mass is 16.5. The summed E-state index contributed by atoms with van der Waals surface area (Å²) >= 11 is 0. The van der Waals surface area contributed by atoms with Gasteiger partial charge in [0.25, 0.3) is 0 Å². The molecule has 7 nitrogen and oxygen atoms in total. The minimum atomic E-state index is -0.705. The Balaban J connectivity index is 1.63. The number of anilines is 1. The first-order valence-electron chi connectivity index (χ1n) is 10.2. The van der Waals surface area contributed by atoms with E-state index in [1.807, 2.05) is 13.8 Å². The van der Waals surface area contributed by atoms with Crippen molar-refractivity contribution in [2.75, 3.05) is 18.5 Å². The third kappa shape index (κ3) is 5.31. The Hall–Kier alpha value is -3.61. The van der Waals surface area contributed by atoms with Gasteiger partial charge < -0.3 is 19.2 Å². The largest absolute Gasteiger partial charge is 0.494 e. The summed E-state index contributed by atoms with van der Waals surface area (Å²) in [5, 5.41) is 3.51. The summed E-state index contributed by atoms with van der Waals surface area (Å²) in [5.41, 5.74) is 2.15. The molecule has 0 saturated heterocycles. The number of nitrogens with one attached hydrogen (secondary N) is 1. The van der Waals surface area contributed by atoms with E-state index in [1.165, 1.54) is 0 Å². The number of ether oxygens (including phenoxy) is 2. The molecule has 0 radical (unpaired) electrons. The van der Waals surface area contributed by atoms with Crippen LogP contribution in [0.1, 0.15) is 53.2 Å². The van der Waals surface area contributed by atoms with Gasteiger partial charge in [-0.1, -0.05) is 6.92 Å².